The van der Waals surface area contributed by atoms with Crippen LogP contribution < -0.4 is 5.73 Å². The van der Waals surface area contributed by atoms with Gasteiger partial charge in [-0.05, 0) is 58.0 Å². The number of pyridine rings is 1. The largest absolute Gasteiger partial charge is 0.337 e. The maximum absolute atomic E-state index is 12.5. The molecule has 2 heterocycles. The molecule has 0 atom stereocenters. The molecule has 0 radical (unpaired) electrons. The van der Waals surface area contributed by atoms with E-state index in [1.807, 2.05) is 17.9 Å². The molecule has 1 fully saturated rings. The van der Waals surface area contributed by atoms with Gasteiger partial charge in [-0.2, -0.15) is 0 Å². The predicted molar refractivity (Wildman–Crippen MR) is 84.2 cm³/mol. The molecule has 1 aromatic rings. The zero-order chi connectivity index (χ0) is 15.1. The van der Waals surface area contributed by atoms with Crippen molar-refractivity contribution in [1.29, 1.82) is 0 Å². The lowest BCUT2D eigenvalue weighted by Gasteiger charge is -2.22. The third-order valence-electron chi connectivity index (χ3n) is 3.95. The van der Waals surface area contributed by atoms with Gasteiger partial charge in [-0.25, -0.2) is 0 Å². The zero-order valence-electron chi connectivity index (χ0n) is 12.9. The molecule has 0 spiro atoms. The molecule has 0 aromatic carbocycles. The fourth-order valence-electron chi connectivity index (χ4n) is 2.74. The number of rotatable bonds is 5. The molecule has 1 saturated heterocycles. The number of carbonyl (C=O) groups is 1. The third kappa shape index (κ3) is 4.79. The molecule has 1 aromatic heterocycles. The van der Waals surface area contributed by atoms with Crippen LogP contribution in [-0.2, 0) is 0 Å². The van der Waals surface area contributed by atoms with Gasteiger partial charge in [0.25, 0.3) is 5.91 Å². The Morgan fingerprint density at radius 3 is 2.90 bits per heavy atom. The number of nitrogens with two attached hydrogens (primary N) is 1. The standard InChI is InChI=1S/C16H26N4O/c1-14-13-15(5-7-18-14)16(21)20-10-4-9-19(11-12-20)8-3-2-6-17/h5,7,13H,2-4,6,8-12,17H2,1H3. The molecule has 2 rings (SSSR count). The molecule has 1 aliphatic heterocycles. The Bertz CT molecular complexity index is 463. The topological polar surface area (TPSA) is 62.5 Å². The lowest BCUT2D eigenvalue weighted by atomic mass is 10.2. The van der Waals surface area contributed by atoms with E-state index >= 15 is 0 Å². The number of unbranched alkanes of at least 4 members (excludes halogenated alkanes) is 1. The highest BCUT2D eigenvalue weighted by Gasteiger charge is 2.20. The second-order valence-electron chi connectivity index (χ2n) is 5.67. The smallest absolute Gasteiger partial charge is 0.254 e. The van der Waals surface area contributed by atoms with Crippen LogP contribution in [0.1, 0.15) is 35.3 Å². The summed E-state index contributed by atoms with van der Waals surface area (Å²) in [6.07, 6.45) is 4.97. The van der Waals surface area contributed by atoms with E-state index in [-0.39, 0.29) is 5.91 Å². The average Bonchev–Trinajstić information content (AvgIpc) is 2.72. The zero-order valence-corrected chi connectivity index (χ0v) is 12.9. The van der Waals surface area contributed by atoms with E-state index in [9.17, 15) is 4.79 Å². The average molecular weight is 290 g/mol. The van der Waals surface area contributed by atoms with Crippen molar-refractivity contribution in [2.45, 2.75) is 26.2 Å². The van der Waals surface area contributed by atoms with Gasteiger partial charge in [-0.3, -0.25) is 9.78 Å². The second kappa shape index (κ2) is 8.10. The molecule has 0 bridgehead atoms. The van der Waals surface area contributed by atoms with Gasteiger partial charge in [0.2, 0.25) is 0 Å². The van der Waals surface area contributed by atoms with Crippen molar-refractivity contribution in [1.82, 2.24) is 14.8 Å². The first-order valence-electron chi connectivity index (χ1n) is 7.85. The summed E-state index contributed by atoms with van der Waals surface area (Å²) >= 11 is 0. The summed E-state index contributed by atoms with van der Waals surface area (Å²) in [6, 6.07) is 3.67. The Balaban J connectivity index is 1.89. The molecular formula is C16H26N4O. The molecule has 21 heavy (non-hydrogen) atoms. The number of aryl methyl sites for hydroxylation is 1. The van der Waals surface area contributed by atoms with E-state index < -0.39 is 0 Å². The third-order valence-corrected chi connectivity index (χ3v) is 3.95. The Labute approximate surface area is 127 Å². The summed E-state index contributed by atoms with van der Waals surface area (Å²) in [7, 11) is 0. The maximum Gasteiger partial charge on any atom is 0.254 e. The maximum atomic E-state index is 12.5. The first kappa shape index (κ1) is 15.9. The van der Waals surface area contributed by atoms with Gasteiger partial charge >= 0.3 is 0 Å². The summed E-state index contributed by atoms with van der Waals surface area (Å²) in [4.78, 5) is 21.1. The van der Waals surface area contributed by atoms with Crippen molar-refractivity contribution >= 4 is 5.91 Å². The van der Waals surface area contributed by atoms with Crippen LogP contribution in [-0.4, -0.2) is 60.0 Å². The van der Waals surface area contributed by atoms with E-state index in [2.05, 4.69) is 9.88 Å². The normalized spacial score (nSPS) is 16.8. The van der Waals surface area contributed by atoms with Gasteiger partial charge in [0.05, 0.1) is 0 Å². The van der Waals surface area contributed by atoms with Crippen LogP contribution in [0.5, 0.6) is 0 Å². The van der Waals surface area contributed by atoms with E-state index in [0.717, 1.165) is 69.8 Å². The SMILES string of the molecule is Cc1cc(C(=O)N2CCCN(CCCCN)CC2)ccn1. The first-order valence-corrected chi connectivity index (χ1v) is 7.85. The Morgan fingerprint density at radius 1 is 1.29 bits per heavy atom. The molecular weight excluding hydrogens is 264 g/mol. The minimum absolute atomic E-state index is 0.129. The summed E-state index contributed by atoms with van der Waals surface area (Å²) < 4.78 is 0. The van der Waals surface area contributed by atoms with Crippen LogP contribution in [0.4, 0.5) is 0 Å². The van der Waals surface area contributed by atoms with Crippen LogP contribution in [0.25, 0.3) is 0 Å². The van der Waals surface area contributed by atoms with Gasteiger partial charge in [0, 0.05) is 37.1 Å². The molecule has 0 unspecified atom stereocenters. The van der Waals surface area contributed by atoms with E-state index in [1.54, 1.807) is 12.3 Å². The first-order chi connectivity index (χ1) is 10.2. The van der Waals surface area contributed by atoms with Gasteiger partial charge in [0.15, 0.2) is 0 Å². The number of hydrogen-bond donors (Lipinski definition) is 1. The molecule has 0 aliphatic carbocycles. The lowest BCUT2D eigenvalue weighted by molar-refractivity contribution is 0.0761. The molecule has 5 nitrogen and oxygen atoms in total. The van der Waals surface area contributed by atoms with Crippen LogP contribution in [0.15, 0.2) is 18.3 Å². The highest BCUT2D eigenvalue weighted by atomic mass is 16.2. The van der Waals surface area contributed by atoms with Crippen LogP contribution >= 0.6 is 0 Å². The second-order valence-corrected chi connectivity index (χ2v) is 5.67. The summed E-state index contributed by atoms with van der Waals surface area (Å²) in [5.41, 5.74) is 7.17. The van der Waals surface area contributed by atoms with E-state index in [0.29, 0.717) is 0 Å². The summed E-state index contributed by atoms with van der Waals surface area (Å²) in [6.45, 7) is 7.45. The number of nitrogens with zero attached hydrogens (tertiary/aromatic N) is 3. The highest BCUT2D eigenvalue weighted by Crippen LogP contribution is 2.10. The Morgan fingerprint density at radius 2 is 2.14 bits per heavy atom. The lowest BCUT2D eigenvalue weighted by Crippen LogP contribution is -2.35. The van der Waals surface area contributed by atoms with Crippen molar-refractivity contribution < 1.29 is 4.79 Å². The van der Waals surface area contributed by atoms with Crippen molar-refractivity contribution in [2.24, 2.45) is 5.73 Å². The van der Waals surface area contributed by atoms with Crippen molar-refractivity contribution in [3.8, 4) is 0 Å². The van der Waals surface area contributed by atoms with Crippen molar-refractivity contribution in [3.05, 3.63) is 29.6 Å². The summed E-state index contributed by atoms with van der Waals surface area (Å²) in [5.74, 6) is 0.129. The molecule has 1 amide bonds. The van der Waals surface area contributed by atoms with Crippen molar-refractivity contribution in [3.63, 3.8) is 0 Å². The number of carbonyl (C=O) groups excluding carboxylic acids is 1. The molecule has 5 heteroatoms. The van der Waals surface area contributed by atoms with Gasteiger partial charge in [-0.15, -0.1) is 0 Å². The monoisotopic (exact) mass is 290 g/mol. The van der Waals surface area contributed by atoms with Crippen molar-refractivity contribution in [2.75, 3.05) is 39.3 Å². The Hall–Kier alpha value is -1.46. The highest BCUT2D eigenvalue weighted by molar-refractivity contribution is 5.94. The minimum atomic E-state index is 0.129. The fraction of sp³-hybridized carbons (Fsp3) is 0.625. The molecule has 116 valence electrons. The van der Waals surface area contributed by atoms with E-state index in [4.69, 9.17) is 5.73 Å². The Kier molecular flexibility index (Phi) is 6.14. The molecule has 0 saturated carbocycles. The van der Waals surface area contributed by atoms with E-state index in [1.165, 1.54) is 0 Å². The summed E-state index contributed by atoms with van der Waals surface area (Å²) in [5, 5.41) is 0. The molecule has 2 N–H and O–H groups in total. The van der Waals surface area contributed by atoms with Crippen LogP contribution in [0.3, 0.4) is 0 Å². The van der Waals surface area contributed by atoms with Gasteiger partial charge in [-0.1, -0.05) is 0 Å². The van der Waals surface area contributed by atoms with Crippen LogP contribution in [0.2, 0.25) is 0 Å². The number of aromatic nitrogens is 1. The predicted octanol–water partition coefficient (Wildman–Crippen LogP) is 1.28. The number of hydrogen-bond acceptors (Lipinski definition) is 4. The van der Waals surface area contributed by atoms with Crippen LogP contribution in [0, 0.1) is 6.92 Å². The molecule has 1 aliphatic rings. The van der Waals surface area contributed by atoms with Gasteiger partial charge < -0.3 is 15.5 Å². The van der Waals surface area contributed by atoms with Gasteiger partial charge in [0.1, 0.15) is 0 Å². The quantitative estimate of drug-likeness (QED) is 0.830. The number of amides is 1. The fourth-order valence-corrected chi connectivity index (χ4v) is 2.74. The minimum Gasteiger partial charge on any atom is -0.337 e.